The molecule has 3 aromatic carbocycles. The average molecular weight is 532 g/mol. The number of para-hydroxylation sites is 3. The fourth-order valence-corrected chi connectivity index (χ4v) is 6.83. The van der Waals surface area contributed by atoms with Crippen LogP contribution in [0.5, 0.6) is 5.75 Å². The average Bonchev–Trinajstić information content (AvgIpc) is 3.30. The van der Waals surface area contributed by atoms with Gasteiger partial charge in [0.05, 0.1) is 23.4 Å². The van der Waals surface area contributed by atoms with Gasteiger partial charge in [-0.15, -0.1) is 0 Å². The van der Waals surface area contributed by atoms with E-state index in [1.807, 2.05) is 85.5 Å². The Bertz CT molecular complexity index is 1580. The second-order valence-electron chi connectivity index (χ2n) is 9.87. The van der Waals surface area contributed by atoms with Crippen molar-refractivity contribution >= 4 is 32.3 Å². The zero-order valence-electron chi connectivity index (χ0n) is 22.1. The smallest absolute Gasteiger partial charge is 0.242 e. The Labute approximate surface area is 224 Å². The summed E-state index contributed by atoms with van der Waals surface area (Å²) in [5.74, 6) is 0.720. The summed E-state index contributed by atoms with van der Waals surface area (Å²) in [5, 5.41) is 0.645. The molecule has 1 fully saturated rings. The fraction of sp³-hybridized carbons (Fsp3) is 0.300. The first-order valence-corrected chi connectivity index (χ1v) is 14.4. The van der Waals surface area contributed by atoms with Crippen molar-refractivity contribution in [1.82, 2.24) is 9.47 Å². The van der Waals surface area contributed by atoms with Crippen LogP contribution in [0, 0.1) is 13.8 Å². The topological polar surface area (TPSA) is 71.8 Å². The Kier molecular flexibility index (Phi) is 7.17. The molecule has 0 bridgehead atoms. The van der Waals surface area contributed by atoms with E-state index in [9.17, 15) is 13.2 Å². The Hall–Kier alpha value is -3.78. The van der Waals surface area contributed by atoms with Gasteiger partial charge >= 0.3 is 0 Å². The molecule has 8 heteroatoms. The normalized spacial score (nSPS) is 14.2. The number of methoxy groups -OCH3 is 1. The number of piperazine rings is 1. The van der Waals surface area contributed by atoms with Gasteiger partial charge in [0.25, 0.3) is 0 Å². The van der Waals surface area contributed by atoms with Gasteiger partial charge in [-0.05, 0) is 43.2 Å². The number of ether oxygens (including phenoxy) is 1. The van der Waals surface area contributed by atoms with Crippen molar-refractivity contribution in [3.63, 3.8) is 0 Å². The highest BCUT2D eigenvalue weighted by atomic mass is 32.2. The molecule has 5 rings (SSSR count). The van der Waals surface area contributed by atoms with Crippen LogP contribution in [0.25, 0.3) is 10.9 Å². The molecule has 1 saturated heterocycles. The quantitative estimate of drug-likeness (QED) is 0.349. The van der Waals surface area contributed by atoms with Crippen LogP contribution in [0.2, 0.25) is 0 Å². The minimum absolute atomic E-state index is 0.0242. The summed E-state index contributed by atoms with van der Waals surface area (Å²) in [7, 11) is -1.96. The van der Waals surface area contributed by atoms with Crippen LogP contribution in [0.4, 0.5) is 5.69 Å². The number of nitrogens with zero attached hydrogens (tertiary/aromatic N) is 3. The van der Waals surface area contributed by atoms with Crippen molar-refractivity contribution in [1.29, 1.82) is 0 Å². The molecular weight excluding hydrogens is 498 g/mol. The molecule has 0 unspecified atom stereocenters. The lowest BCUT2D eigenvalue weighted by molar-refractivity contribution is -0.132. The molecular formula is C30H33N3O4S. The van der Waals surface area contributed by atoms with E-state index in [1.165, 1.54) is 0 Å². The molecule has 0 atom stereocenters. The van der Waals surface area contributed by atoms with Crippen LogP contribution in [0.15, 0.2) is 77.8 Å². The summed E-state index contributed by atoms with van der Waals surface area (Å²) in [4.78, 5) is 17.7. The van der Waals surface area contributed by atoms with E-state index in [4.69, 9.17) is 4.74 Å². The van der Waals surface area contributed by atoms with E-state index in [0.29, 0.717) is 31.6 Å². The Morgan fingerprint density at radius 1 is 0.921 bits per heavy atom. The van der Waals surface area contributed by atoms with E-state index in [1.54, 1.807) is 17.9 Å². The van der Waals surface area contributed by atoms with E-state index in [2.05, 4.69) is 4.90 Å². The Morgan fingerprint density at radius 2 is 1.63 bits per heavy atom. The third-order valence-corrected chi connectivity index (χ3v) is 8.99. The van der Waals surface area contributed by atoms with Gasteiger partial charge in [0.1, 0.15) is 12.3 Å². The van der Waals surface area contributed by atoms with Crippen molar-refractivity contribution in [2.45, 2.75) is 31.0 Å². The second-order valence-corrected chi connectivity index (χ2v) is 11.8. The highest BCUT2D eigenvalue weighted by molar-refractivity contribution is 7.90. The van der Waals surface area contributed by atoms with E-state index in [-0.39, 0.29) is 23.1 Å². The van der Waals surface area contributed by atoms with Gasteiger partial charge in [0.15, 0.2) is 9.84 Å². The SMILES string of the molecule is COc1ccccc1N1CCN(C(=O)Cn2cc(S(=O)(=O)Cc3cc(C)ccc3C)c3ccccc32)CC1. The van der Waals surface area contributed by atoms with E-state index < -0.39 is 9.84 Å². The number of carbonyl (C=O) groups is 1. The molecule has 1 aliphatic heterocycles. The van der Waals surface area contributed by atoms with Crippen molar-refractivity contribution in [2.75, 3.05) is 38.2 Å². The van der Waals surface area contributed by atoms with E-state index >= 15 is 0 Å². The van der Waals surface area contributed by atoms with Crippen LogP contribution in [-0.4, -0.2) is 57.1 Å². The number of hydrogen-bond acceptors (Lipinski definition) is 5. The number of amides is 1. The standard InChI is InChI=1S/C30H33N3O4S/c1-22-12-13-23(2)24(18-22)21-38(35,36)29-19-33(26-9-5-4-8-25(26)29)20-30(34)32-16-14-31(15-17-32)27-10-6-7-11-28(27)37-3/h4-13,18-19H,14-17,20-21H2,1-3H3. The molecule has 0 saturated carbocycles. The first-order valence-electron chi connectivity index (χ1n) is 12.8. The third-order valence-electron chi connectivity index (χ3n) is 7.30. The number of aryl methyl sites for hydroxylation is 2. The molecule has 0 radical (unpaired) electrons. The molecule has 0 aliphatic carbocycles. The van der Waals surface area contributed by atoms with Crippen LogP contribution in [0.3, 0.4) is 0 Å². The summed E-state index contributed by atoms with van der Waals surface area (Å²) in [5.41, 5.74) is 4.54. The monoisotopic (exact) mass is 531 g/mol. The molecule has 1 aliphatic rings. The summed E-state index contributed by atoms with van der Waals surface area (Å²) in [6.45, 7) is 6.57. The number of carbonyl (C=O) groups excluding carboxylic acids is 1. The summed E-state index contributed by atoms with van der Waals surface area (Å²) >= 11 is 0. The maximum atomic E-state index is 13.6. The number of rotatable bonds is 7. The highest BCUT2D eigenvalue weighted by Gasteiger charge is 2.26. The predicted molar refractivity (Wildman–Crippen MR) is 151 cm³/mol. The van der Waals surface area contributed by atoms with Gasteiger partial charge in [0, 0.05) is 43.3 Å². The van der Waals surface area contributed by atoms with Gasteiger partial charge in [-0.25, -0.2) is 8.42 Å². The fourth-order valence-electron chi connectivity index (χ4n) is 5.16. The van der Waals surface area contributed by atoms with Gasteiger partial charge in [0.2, 0.25) is 5.91 Å². The lowest BCUT2D eigenvalue weighted by Crippen LogP contribution is -2.49. The van der Waals surface area contributed by atoms with Gasteiger partial charge in [-0.3, -0.25) is 4.79 Å². The molecule has 0 N–H and O–H groups in total. The number of aromatic nitrogens is 1. The van der Waals surface area contributed by atoms with E-state index in [0.717, 1.165) is 33.6 Å². The number of anilines is 1. The first kappa shape index (κ1) is 25.9. The predicted octanol–water partition coefficient (Wildman–Crippen LogP) is 4.59. The lowest BCUT2D eigenvalue weighted by Gasteiger charge is -2.36. The number of benzene rings is 3. The van der Waals surface area contributed by atoms with Crippen LogP contribution < -0.4 is 9.64 Å². The second kappa shape index (κ2) is 10.5. The third kappa shape index (κ3) is 5.13. The van der Waals surface area contributed by atoms with Gasteiger partial charge in [-0.2, -0.15) is 0 Å². The van der Waals surface area contributed by atoms with Gasteiger partial charge < -0.3 is 19.1 Å². The summed E-state index contributed by atoms with van der Waals surface area (Å²) in [6.07, 6.45) is 1.63. The number of fused-ring (bicyclic) bond motifs is 1. The van der Waals surface area contributed by atoms with Crippen LogP contribution in [-0.2, 0) is 26.9 Å². The van der Waals surface area contributed by atoms with Crippen molar-refractivity contribution in [3.8, 4) is 5.75 Å². The molecule has 1 amide bonds. The zero-order chi connectivity index (χ0) is 26.9. The minimum Gasteiger partial charge on any atom is -0.495 e. The highest BCUT2D eigenvalue weighted by Crippen LogP contribution is 2.30. The molecule has 198 valence electrons. The maximum absolute atomic E-state index is 13.6. The van der Waals surface area contributed by atoms with Gasteiger partial charge in [-0.1, -0.05) is 54.1 Å². The molecule has 4 aromatic rings. The zero-order valence-corrected chi connectivity index (χ0v) is 22.9. The van der Waals surface area contributed by atoms with Crippen molar-refractivity contribution < 1.29 is 17.9 Å². The number of hydrogen-bond donors (Lipinski definition) is 0. The maximum Gasteiger partial charge on any atom is 0.242 e. The molecule has 2 heterocycles. The van der Waals surface area contributed by atoms with Crippen LogP contribution >= 0.6 is 0 Å². The Morgan fingerprint density at radius 3 is 2.39 bits per heavy atom. The summed E-state index contributed by atoms with van der Waals surface area (Å²) < 4.78 is 34.4. The molecule has 1 aromatic heterocycles. The van der Waals surface area contributed by atoms with Crippen molar-refractivity contribution in [3.05, 3.63) is 89.6 Å². The lowest BCUT2D eigenvalue weighted by atomic mass is 10.1. The van der Waals surface area contributed by atoms with Crippen LogP contribution in [0.1, 0.15) is 16.7 Å². The summed E-state index contributed by atoms with van der Waals surface area (Å²) in [6, 6.07) is 21.2. The minimum atomic E-state index is -3.63. The van der Waals surface area contributed by atoms with Crippen molar-refractivity contribution in [2.24, 2.45) is 0 Å². The first-order chi connectivity index (χ1) is 18.3. The number of sulfone groups is 1. The molecule has 0 spiro atoms. The largest absolute Gasteiger partial charge is 0.495 e. The molecule has 38 heavy (non-hydrogen) atoms. The Balaban J connectivity index is 1.35. The molecule has 7 nitrogen and oxygen atoms in total.